The minimum Gasteiger partial charge on any atom is -0.504 e. The van der Waals surface area contributed by atoms with E-state index in [1.54, 1.807) is 0 Å². The fourth-order valence-electron chi connectivity index (χ4n) is 1.59. The number of halogens is 3. The molecule has 0 heterocycles. The molecule has 0 aliphatic heterocycles. The van der Waals surface area contributed by atoms with Crippen LogP contribution in [0.15, 0.2) is 12.1 Å². The van der Waals surface area contributed by atoms with Crippen molar-refractivity contribution in [1.29, 1.82) is 0 Å². The summed E-state index contributed by atoms with van der Waals surface area (Å²) >= 11 is 0. The summed E-state index contributed by atoms with van der Waals surface area (Å²) in [6.45, 7) is 0.896. The highest BCUT2D eigenvalue weighted by molar-refractivity contribution is 5.52. The van der Waals surface area contributed by atoms with E-state index < -0.39 is 30.0 Å². The number of hydrogen-bond donors (Lipinski definition) is 2. The van der Waals surface area contributed by atoms with Crippen LogP contribution in [0.25, 0.3) is 0 Å². The van der Waals surface area contributed by atoms with Crippen LogP contribution in [0.5, 0.6) is 11.5 Å². The van der Waals surface area contributed by atoms with Gasteiger partial charge in [0, 0.05) is 18.1 Å². The second-order valence-corrected chi connectivity index (χ2v) is 3.66. The summed E-state index contributed by atoms with van der Waals surface area (Å²) in [6.07, 6.45) is -4.58. The number of hydrogen-bond acceptors (Lipinski definition) is 3. The number of rotatable bonds is 3. The van der Waals surface area contributed by atoms with E-state index in [2.05, 4.69) is 0 Å². The zero-order chi connectivity index (χ0) is 13.2. The predicted molar refractivity (Wildman–Crippen MR) is 55.2 cm³/mol. The van der Waals surface area contributed by atoms with Gasteiger partial charge in [0.05, 0.1) is 12.7 Å². The van der Waals surface area contributed by atoms with Gasteiger partial charge in [-0.3, -0.25) is 0 Å². The summed E-state index contributed by atoms with van der Waals surface area (Å²) in [7, 11) is 1.25. The van der Waals surface area contributed by atoms with Gasteiger partial charge in [-0.15, -0.1) is 0 Å². The second kappa shape index (κ2) is 4.83. The van der Waals surface area contributed by atoms with Gasteiger partial charge in [-0.1, -0.05) is 6.92 Å². The Morgan fingerprint density at radius 1 is 1.35 bits per heavy atom. The van der Waals surface area contributed by atoms with Gasteiger partial charge in [0.2, 0.25) is 0 Å². The predicted octanol–water partition coefficient (Wildman–Crippen LogP) is 2.52. The van der Waals surface area contributed by atoms with E-state index in [0.29, 0.717) is 0 Å². The van der Waals surface area contributed by atoms with E-state index in [1.807, 2.05) is 0 Å². The molecule has 0 bridgehead atoms. The third-order valence-corrected chi connectivity index (χ3v) is 2.47. The zero-order valence-electron chi connectivity index (χ0n) is 9.38. The van der Waals surface area contributed by atoms with Gasteiger partial charge in [0.1, 0.15) is 0 Å². The van der Waals surface area contributed by atoms with E-state index in [1.165, 1.54) is 14.0 Å². The third-order valence-electron chi connectivity index (χ3n) is 2.47. The van der Waals surface area contributed by atoms with Crippen LogP contribution >= 0.6 is 0 Å². The van der Waals surface area contributed by atoms with Crippen LogP contribution in [0.1, 0.15) is 24.0 Å². The molecular weight excluding hydrogens is 237 g/mol. The van der Waals surface area contributed by atoms with Crippen LogP contribution in [0, 0.1) is 0 Å². The summed E-state index contributed by atoms with van der Waals surface area (Å²) in [6, 6.07) is 1.88. The first kappa shape index (κ1) is 13.6. The fourth-order valence-corrected chi connectivity index (χ4v) is 1.59. The molecule has 0 fully saturated rings. The summed E-state index contributed by atoms with van der Waals surface area (Å²) in [4.78, 5) is 0. The molecule has 1 unspecified atom stereocenters. The molecule has 0 aliphatic rings. The maximum atomic E-state index is 12.7. The van der Waals surface area contributed by atoms with Gasteiger partial charge >= 0.3 is 6.18 Å². The number of ether oxygens (including phenoxy) is 1. The Morgan fingerprint density at radius 2 is 1.94 bits per heavy atom. The number of aliphatic hydroxyl groups excluding tert-OH is 1. The van der Waals surface area contributed by atoms with Crippen molar-refractivity contribution in [2.45, 2.75) is 19.0 Å². The van der Waals surface area contributed by atoms with Crippen molar-refractivity contribution in [2.75, 3.05) is 13.7 Å². The lowest BCUT2D eigenvalue weighted by Gasteiger charge is -2.19. The highest BCUT2D eigenvalue weighted by atomic mass is 19.4. The standard InChI is InChI=1S/C11H13F3O3/c1-6(5-15)9-7(11(12,13)14)3-4-8(17-2)10(9)16/h3-4,6,15-16H,5H2,1-2H3. The molecule has 1 aromatic carbocycles. The number of alkyl halides is 3. The van der Waals surface area contributed by atoms with E-state index >= 15 is 0 Å². The van der Waals surface area contributed by atoms with Gasteiger partial charge in [-0.2, -0.15) is 13.2 Å². The summed E-state index contributed by atoms with van der Waals surface area (Å²) < 4.78 is 42.9. The SMILES string of the molecule is COc1ccc(C(F)(F)F)c(C(C)CO)c1O. The van der Waals surface area contributed by atoms with Crippen molar-refractivity contribution in [1.82, 2.24) is 0 Å². The molecule has 0 saturated carbocycles. The average Bonchev–Trinajstić information content (AvgIpc) is 2.26. The van der Waals surface area contributed by atoms with Gasteiger partial charge in [0.15, 0.2) is 11.5 Å². The normalized spacial score (nSPS) is 13.5. The van der Waals surface area contributed by atoms with Crippen molar-refractivity contribution in [3.8, 4) is 11.5 Å². The Labute approximate surface area is 96.5 Å². The van der Waals surface area contributed by atoms with Crippen LogP contribution in [0.4, 0.5) is 13.2 Å². The van der Waals surface area contributed by atoms with Crippen molar-refractivity contribution in [3.05, 3.63) is 23.3 Å². The summed E-state index contributed by atoms with van der Waals surface area (Å²) in [5.74, 6) is -1.46. The molecule has 96 valence electrons. The Balaban J connectivity index is 3.47. The Hall–Kier alpha value is -1.43. The van der Waals surface area contributed by atoms with Gasteiger partial charge in [-0.05, 0) is 12.1 Å². The minimum atomic E-state index is -4.58. The number of benzene rings is 1. The van der Waals surface area contributed by atoms with Crippen molar-refractivity contribution in [2.24, 2.45) is 0 Å². The highest BCUT2D eigenvalue weighted by Gasteiger charge is 2.36. The lowest BCUT2D eigenvalue weighted by molar-refractivity contribution is -0.138. The minimum absolute atomic E-state index is 0.0479. The monoisotopic (exact) mass is 250 g/mol. The molecule has 0 saturated heterocycles. The van der Waals surface area contributed by atoms with Gasteiger partial charge < -0.3 is 14.9 Å². The molecule has 0 spiro atoms. The van der Waals surface area contributed by atoms with E-state index in [4.69, 9.17) is 9.84 Å². The van der Waals surface area contributed by atoms with E-state index in [9.17, 15) is 18.3 Å². The molecule has 6 heteroatoms. The maximum absolute atomic E-state index is 12.7. The lowest BCUT2D eigenvalue weighted by Crippen LogP contribution is -2.13. The van der Waals surface area contributed by atoms with Crippen LogP contribution in [0.3, 0.4) is 0 Å². The highest BCUT2D eigenvalue weighted by Crippen LogP contribution is 2.43. The fraction of sp³-hybridized carbons (Fsp3) is 0.455. The lowest BCUT2D eigenvalue weighted by atomic mass is 9.94. The number of aliphatic hydroxyl groups is 1. The zero-order valence-corrected chi connectivity index (χ0v) is 9.38. The third kappa shape index (κ3) is 2.63. The summed E-state index contributed by atoms with van der Waals surface area (Å²) in [5.41, 5.74) is -1.31. The molecule has 2 N–H and O–H groups in total. The number of phenolic OH excluding ortho intramolecular Hbond substituents is 1. The van der Waals surface area contributed by atoms with Crippen LogP contribution in [0.2, 0.25) is 0 Å². The molecule has 0 amide bonds. The quantitative estimate of drug-likeness (QED) is 0.866. The largest absolute Gasteiger partial charge is 0.504 e. The molecule has 17 heavy (non-hydrogen) atoms. The van der Waals surface area contributed by atoms with Gasteiger partial charge in [-0.25, -0.2) is 0 Å². The molecule has 0 aromatic heterocycles. The number of phenols is 1. The topological polar surface area (TPSA) is 49.7 Å². The molecule has 3 nitrogen and oxygen atoms in total. The smallest absolute Gasteiger partial charge is 0.416 e. The molecule has 0 radical (unpaired) electrons. The molecule has 1 rings (SSSR count). The van der Waals surface area contributed by atoms with E-state index in [-0.39, 0.29) is 11.3 Å². The Kier molecular flexibility index (Phi) is 3.87. The second-order valence-electron chi connectivity index (χ2n) is 3.66. The summed E-state index contributed by atoms with van der Waals surface area (Å²) in [5, 5.41) is 18.6. The van der Waals surface area contributed by atoms with Crippen molar-refractivity contribution < 1.29 is 28.1 Å². The molecule has 1 atom stereocenters. The van der Waals surface area contributed by atoms with Crippen molar-refractivity contribution >= 4 is 0 Å². The Bertz CT molecular complexity index is 402. The maximum Gasteiger partial charge on any atom is 0.416 e. The van der Waals surface area contributed by atoms with Crippen molar-refractivity contribution in [3.63, 3.8) is 0 Å². The van der Waals surface area contributed by atoms with Gasteiger partial charge in [0.25, 0.3) is 0 Å². The molecular formula is C11H13F3O3. The molecule has 1 aromatic rings. The van der Waals surface area contributed by atoms with Crippen LogP contribution < -0.4 is 4.74 Å². The Morgan fingerprint density at radius 3 is 2.35 bits per heavy atom. The molecule has 0 aliphatic carbocycles. The van der Waals surface area contributed by atoms with Crippen LogP contribution in [-0.2, 0) is 6.18 Å². The average molecular weight is 250 g/mol. The van der Waals surface area contributed by atoms with Crippen LogP contribution in [-0.4, -0.2) is 23.9 Å². The first-order valence-corrected chi connectivity index (χ1v) is 4.90. The first-order chi connectivity index (χ1) is 7.82. The number of aromatic hydroxyl groups is 1. The van der Waals surface area contributed by atoms with E-state index in [0.717, 1.165) is 12.1 Å². The first-order valence-electron chi connectivity index (χ1n) is 4.90. The number of methoxy groups -OCH3 is 1.